The molecule has 3 heterocycles. The molecule has 140 valence electrons. The minimum absolute atomic E-state index is 0.0428. The first-order valence-corrected chi connectivity index (χ1v) is 10.6. The normalized spacial score (nSPS) is 23.1. The number of fused-ring (bicyclic) bond motifs is 3. The SMILES string of the molecule is O=C1CC(c2ccccc2Cl)c2c(sc3c2NC2(CCCCC2)NC3=O)N1. The van der Waals surface area contributed by atoms with E-state index >= 15 is 0 Å². The van der Waals surface area contributed by atoms with Gasteiger partial charge < -0.3 is 16.0 Å². The average molecular weight is 402 g/mol. The Kier molecular flexibility index (Phi) is 3.95. The number of rotatable bonds is 1. The summed E-state index contributed by atoms with van der Waals surface area (Å²) in [4.78, 5) is 25.9. The Labute approximate surface area is 166 Å². The van der Waals surface area contributed by atoms with Crippen molar-refractivity contribution in [2.75, 3.05) is 10.6 Å². The van der Waals surface area contributed by atoms with Gasteiger partial charge >= 0.3 is 0 Å². The summed E-state index contributed by atoms with van der Waals surface area (Å²) in [5.74, 6) is -0.238. The van der Waals surface area contributed by atoms with Crippen LogP contribution in [0.4, 0.5) is 10.7 Å². The van der Waals surface area contributed by atoms with Gasteiger partial charge in [0.2, 0.25) is 5.91 Å². The van der Waals surface area contributed by atoms with E-state index in [1.807, 2.05) is 24.3 Å². The van der Waals surface area contributed by atoms with E-state index in [1.165, 1.54) is 17.8 Å². The van der Waals surface area contributed by atoms with E-state index < -0.39 is 0 Å². The molecule has 1 aromatic heterocycles. The van der Waals surface area contributed by atoms with Gasteiger partial charge in [-0.3, -0.25) is 9.59 Å². The zero-order valence-electron chi connectivity index (χ0n) is 14.7. The van der Waals surface area contributed by atoms with E-state index in [0.29, 0.717) is 16.3 Å². The van der Waals surface area contributed by atoms with Crippen molar-refractivity contribution in [3.05, 3.63) is 45.3 Å². The van der Waals surface area contributed by atoms with Crippen LogP contribution < -0.4 is 16.0 Å². The molecule has 0 saturated heterocycles. The third-order valence-corrected chi connectivity index (χ3v) is 7.31. The molecule has 1 atom stereocenters. The van der Waals surface area contributed by atoms with Crippen molar-refractivity contribution in [2.45, 2.75) is 50.1 Å². The maximum atomic E-state index is 12.9. The Balaban J connectivity index is 1.65. The molecule has 1 spiro atoms. The Hall–Kier alpha value is -2.05. The van der Waals surface area contributed by atoms with Crippen LogP contribution in [0.3, 0.4) is 0 Å². The standard InChI is InChI=1S/C20H20ClN3O2S/c21-13-7-3-2-6-11(13)12-10-14(25)22-19-15(12)16-17(27-19)18(26)24-20(23-16)8-4-1-5-9-20/h2-3,6-7,12,23H,1,4-5,8-10H2,(H,22,25)(H,24,26). The molecule has 3 N–H and O–H groups in total. The van der Waals surface area contributed by atoms with Crippen molar-refractivity contribution in [3.8, 4) is 0 Å². The zero-order chi connectivity index (χ0) is 18.6. The highest BCUT2D eigenvalue weighted by Gasteiger charge is 2.44. The summed E-state index contributed by atoms with van der Waals surface area (Å²) in [5.41, 5.74) is 2.44. The Morgan fingerprint density at radius 3 is 2.63 bits per heavy atom. The molecule has 27 heavy (non-hydrogen) atoms. The van der Waals surface area contributed by atoms with Gasteiger partial charge in [-0.1, -0.05) is 36.2 Å². The summed E-state index contributed by atoms with van der Waals surface area (Å²) in [6.07, 6.45) is 5.57. The van der Waals surface area contributed by atoms with Crippen LogP contribution in [0, 0.1) is 0 Å². The lowest BCUT2D eigenvalue weighted by atomic mass is 9.83. The third kappa shape index (κ3) is 2.74. The smallest absolute Gasteiger partial charge is 0.265 e. The van der Waals surface area contributed by atoms with Crippen molar-refractivity contribution >= 4 is 45.4 Å². The fourth-order valence-electron chi connectivity index (χ4n) is 4.59. The molecule has 1 fully saturated rings. The predicted octanol–water partition coefficient (Wildman–Crippen LogP) is 4.69. The number of halogens is 1. The first-order chi connectivity index (χ1) is 13.1. The Morgan fingerprint density at radius 1 is 1.07 bits per heavy atom. The molecule has 1 aromatic carbocycles. The number of anilines is 2. The monoisotopic (exact) mass is 401 g/mol. The lowest BCUT2D eigenvalue weighted by Crippen LogP contribution is -2.58. The number of nitrogens with one attached hydrogen (secondary N) is 3. The van der Waals surface area contributed by atoms with E-state index in [4.69, 9.17) is 11.6 Å². The summed E-state index contributed by atoms with van der Waals surface area (Å²) in [6.45, 7) is 0. The number of benzene rings is 1. The van der Waals surface area contributed by atoms with Crippen LogP contribution in [0.2, 0.25) is 5.02 Å². The molecule has 2 aliphatic heterocycles. The van der Waals surface area contributed by atoms with Gasteiger partial charge in [-0.25, -0.2) is 0 Å². The van der Waals surface area contributed by atoms with E-state index in [-0.39, 0.29) is 23.4 Å². The first kappa shape index (κ1) is 17.1. The fraction of sp³-hybridized carbons (Fsp3) is 0.400. The Bertz CT molecular complexity index is 949. The van der Waals surface area contributed by atoms with E-state index in [0.717, 1.165) is 47.5 Å². The lowest BCUT2D eigenvalue weighted by molar-refractivity contribution is -0.116. The molecular weight excluding hydrogens is 382 g/mol. The number of hydrogen-bond donors (Lipinski definition) is 3. The minimum atomic E-state index is -0.371. The number of thiophene rings is 1. The van der Waals surface area contributed by atoms with Crippen LogP contribution in [0.1, 0.15) is 65.2 Å². The molecule has 7 heteroatoms. The molecule has 2 aromatic rings. The second kappa shape index (κ2) is 6.24. The molecule has 3 aliphatic rings. The van der Waals surface area contributed by atoms with Crippen LogP contribution >= 0.6 is 22.9 Å². The second-order valence-corrected chi connectivity index (χ2v) is 9.03. The molecular formula is C20H20ClN3O2S. The number of carbonyl (C=O) groups excluding carboxylic acids is 2. The molecule has 5 rings (SSSR count). The van der Waals surface area contributed by atoms with E-state index in [1.54, 1.807) is 0 Å². The third-order valence-electron chi connectivity index (χ3n) is 5.85. The summed E-state index contributed by atoms with van der Waals surface area (Å²) in [7, 11) is 0. The molecule has 1 unspecified atom stereocenters. The summed E-state index contributed by atoms with van der Waals surface area (Å²) < 4.78 is 0. The van der Waals surface area contributed by atoms with Crippen LogP contribution in [-0.4, -0.2) is 17.5 Å². The van der Waals surface area contributed by atoms with Gasteiger partial charge in [0.15, 0.2) is 0 Å². The van der Waals surface area contributed by atoms with Crippen LogP contribution in [0.25, 0.3) is 0 Å². The van der Waals surface area contributed by atoms with Crippen molar-refractivity contribution in [3.63, 3.8) is 0 Å². The summed E-state index contributed by atoms with van der Waals surface area (Å²) in [5, 5.41) is 11.2. The van der Waals surface area contributed by atoms with Gasteiger partial charge in [0.1, 0.15) is 15.5 Å². The lowest BCUT2D eigenvalue weighted by Gasteiger charge is -2.43. The quantitative estimate of drug-likeness (QED) is 0.649. The molecule has 1 saturated carbocycles. The van der Waals surface area contributed by atoms with Crippen molar-refractivity contribution in [1.82, 2.24) is 5.32 Å². The second-order valence-electron chi connectivity index (χ2n) is 7.60. The number of hydrogen-bond acceptors (Lipinski definition) is 4. The van der Waals surface area contributed by atoms with Crippen LogP contribution in [-0.2, 0) is 4.79 Å². The topological polar surface area (TPSA) is 70.2 Å². The molecule has 0 radical (unpaired) electrons. The average Bonchev–Trinajstić information content (AvgIpc) is 3.00. The van der Waals surface area contributed by atoms with Crippen molar-refractivity contribution in [1.29, 1.82) is 0 Å². The number of amides is 2. The highest BCUT2D eigenvalue weighted by Crippen LogP contribution is 2.51. The van der Waals surface area contributed by atoms with Gasteiger partial charge in [-0.2, -0.15) is 0 Å². The van der Waals surface area contributed by atoms with Gasteiger partial charge in [0.05, 0.1) is 5.69 Å². The number of carbonyl (C=O) groups is 2. The van der Waals surface area contributed by atoms with Crippen LogP contribution in [0.5, 0.6) is 0 Å². The Morgan fingerprint density at radius 2 is 1.85 bits per heavy atom. The summed E-state index contributed by atoms with van der Waals surface area (Å²) >= 11 is 7.82. The molecule has 1 aliphatic carbocycles. The summed E-state index contributed by atoms with van der Waals surface area (Å²) in [6, 6.07) is 7.65. The van der Waals surface area contributed by atoms with Gasteiger partial charge in [0, 0.05) is 22.9 Å². The maximum absolute atomic E-state index is 12.9. The molecule has 5 nitrogen and oxygen atoms in total. The maximum Gasteiger partial charge on any atom is 0.265 e. The minimum Gasteiger partial charge on any atom is -0.361 e. The first-order valence-electron chi connectivity index (χ1n) is 9.38. The fourth-order valence-corrected chi connectivity index (χ4v) is 5.99. The van der Waals surface area contributed by atoms with Crippen molar-refractivity contribution < 1.29 is 9.59 Å². The van der Waals surface area contributed by atoms with Crippen LogP contribution in [0.15, 0.2) is 24.3 Å². The largest absolute Gasteiger partial charge is 0.361 e. The van der Waals surface area contributed by atoms with E-state index in [9.17, 15) is 9.59 Å². The highest BCUT2D eigenvalue weighted by atomic mass is 35.5. The van der Waals surface area contributed by atoms with Gasteiger partial charge in [0.25, 0.3) is 5.91 Å². The van der Waals surface area contributed by atoms with Crippen molar-refractivity contribution in [2.24, 2.45) is 0 Å². The van der Waals surface area contributed by atoms with Gasteiger partial charge in [-0.05, 0) is 37.3 Å². The molecule has 0 bridgehead atoms. The zero-order valence-corrected chi connectivity index (χ0v) is 16.3. The predicted molar refractivity (Wildman–Crippen MR) is 108 cm³/mol. The van der Waals surface area contributed by atoms with Gasteiger partial charge in [-0.15, -0.1) is 11.3 Å². The molecule has 2 amide bonds. The highest BCUT2D eigenvalue weighted by molar-refractivity contribution is 7.19. The van der Waals surface area contributed by atoms with E-state index in [2.05, 4.69) is 16.0 Å².